The van der Waals surface area contributed by atoms with E-state index in [-0.39, 0.29) is 52.6 Å². The van der Waals surface area contributed by atoms with Crippen molar-refractivity contribution in [2.45, 2.75) is 12.0 Å². The summed E-state index contributed by atoms with van der Waals surface area (Å²) in [5.74, 6) is -2.14. The molecule has 0 spiro atoms. The van der Waals surface area contributed by atoms with Gasteiger partial charge in [0.2, 0.25) is 0 Å². The number of amides is 2. The maximum absolute atomic E-state index is 14.2. The summed E-state index contributed by atoms with van der Waals surface area (Å²) in [5, 5.41) is 14.1. The van der Waals surface area contributed by atoms with Gasteiger partial charge in [-0.2, -0.15) is 5.26 Å². The van der Waals surface area contributed by atoms with E-state index in [4.69, 9.17) is 14.7 Å². The summed E-state index contributed by atoms with van der Waals surface area (Å²) in [4.78, 5) is 16.4. The highest BCUT2D eigenvalue weighted by atomic mass is 19.1. The fourth-order valence-electron chi connectivity index (χ4n) is 3.96. The number of halogens is 3. The summed E-state index contributed by atoms with van der Waals surface area (Å²) >= 11 is 0. The number of urea groups is 1. The van der Waals surface area contributed by atoms with E-state index < -0.39 is 29.5 Å². The molecule has 33 heavy (non-hydrogen) atoms. The number of pyridine rings is 1. The Kier molecular flexibility index (Phi) is 5.01. The third-order valence-corrected chi connectivity index (χ3v) is 5.58. The van der Waals surface area contributed by atoms with Crippen molar-refractivity contribution in [3.63, 3.8) is 0 Å². The van der Waals surface area contributed by atoms with Crippen LogP contribution >= 0.6 is 0 Å². The number of anilines is 1. The molecule has 1 fully saturated rings. The normalized spacial score (nSPS) is 19.9. The number of carbonyl (C=O) groups is 1. The summed E-state index contributed by atoms with van der Waals surface area (Å²) in [6.45, 7) is 0.180. The number of hydrogen-bond acceptors (Lipinski definition) is 5. The molecule has 1 saturated carbocycles. The lowest BCUT2D eigenvalue weighted by Gasteiger charge is -2.16. The Morgan fingerprint density at radius 3 is 2.67 bits per heavy atom. The Labute approximate surface area is 185 Å². The third-order valence-electron chi connectivity index (χ3n) is 5.58. The van der Waals surface area contributed by atoms with Crippen molar-refractivity contribution in [3.8, 4) is 23.3 Å². The number of nitriles is 1. The number of benzene rings is 2. The highest BCUT2D eigenvalue weighted by molar-refractivity contribution is 5.89. The van der Waals surface area contributed by atoms with E-state index in [1.807, 2.05) is 6.07 Å². The second-order valence-electron chi connectivity index (χ2n) is 7.64. The smallest absolute Gasteiger partial charge is 0.320 e. The van der Waals surface area contributed by atoms with Crippen molar-refractivity contribution >= 4 is 11.8 Å². The van der Waals surface area contributed by atoms with Gasteiger partial charge in [0.05, 0.1) is 24.4 Å². The van der Waals surface area contributed by atoms with Gasteiger partial charge in [-0.3, -0.25) is 5.32 Å². The largest absolute Gasteiger partial charge is 0.490 e. The van der Waals surface area contributed by atoms with Crippen molar-refractivity contribution in [1.82, 2.24) is 10.3 Å². The molecule has 1 aromatic heterocycles. The van der Waals surface area contributed by atoms with Gasteiger partial charge in [0.1, 0.15) is 17.4 Å². The van der Waals surface area contributed by atoms with Crippen LogP contribution < -0.4 is 20.1 Å². The van der Waals surface area contributed by atoms with E-state index in [0.29, 0.717) is 0 Å². The standard InChI is InChI=1S/C23H15F3N4O3/c24-14-3-4-15(25)22-20(14)19-13(10-32-22)21(19)30-23(31)29-18-6-2-12(9-28-18)33-17-5-1-11(8-27)7-16(17)26/h1-7,9,13,19,21H,10H2,(H2,28,29,30,31). The van der Waals surface area contributed by atoms with Crippen LogP contribution in [-0.4, -0.2) is 23.7 Å². The number of hydrogen-bond donors (Lipinski definition) is 2. The van der Waals surface area contributed by atoms with Gasteiger partial charge in [0, 0.05) is 23.4 Å². The summed E-state index contributed by atoms with van der Waals surface area (Å²) in [6.07, 6.45) is 1.30. The first kappa shape index (κ1) is 20.6. The molecule has 0 radical (unpaired) electrons. The lowest BCUT2D eigenvalue weighted by atomic mass is 10.0. The van der Waals surface area contributed by atoms with Crippen LogP contribution in [0.3, 0.4) is 0 Å². The summed E-state index contributed by atoms with van der Waals surface area (Å²) < 4.78 is 52.8. The van der Waals surface area contributed by atoms with E-state index in [0.717, 1.165) is 18.2 Å². The molecule has 0 bridgehead atoms. The van der Waals surface area contributed by atoms with E-state index in [2.05, 4.69) is 15.6 Å². The summed E-state index contributed by atoms with van der Waals surface area (Å²) in [5.41, 5.74) is 0.313. The lowest BCUT2D eigenvalue weighted by molar-refractivity contribution is 0.247. The molecule has 2 aromatic carbocycles. The minimum absolute atomic E-state index is 0.0724. The zero-order chi connectivity index (χ0) is 23.1. The summed E-state index contributed by atoms with van der Waals surface area (Å²) in [7, 11) is 0. The van der Waals surface area contributed by atoms with Gasteiger partial charge in [0.25, 0.3) is 0 Å². The van der Waals surface area contributed by atoms with Crippen molar-refractivity contribution in [3.05, 3.63) is 77.2 Å². The van der Waals surface area contributed by atoms with Crippen LogP contribution in [0.4, 0.5) is 23.8 Å². The van der Waals surface area contributed by atoms with E-state index in [1.54, 1.807) is 0 Å². The molecule has 2 amide bonds. The molecule has 7 nitrogen and oxygen atoms in total. The highest BCUT2D eigenvalue weighted by Gasteiger charge is 2.57. The minimum Gasteiger partial charge on any atom is -0.490 e. The highest BCUT2D eigenvalue weighted by Crippen LogP contribution is 2.55. The molecule has 1 aliphatic heterocycles. The monoisotopic (exact) mass is 452 g/mol. The first-order valence-corrected chi connectivity index (χ1v) is 9.96. The number of rotatable bonds is 4. The van der Waals surface area contributed by atoms with Gasteiger partial charge in [0.15, 0.2) is 23.1 Å². The zero-order valence-electron chi connectivity index (χ0n) is 16.8. The predicted octanol–water partition coefficient (Wildman–Crippen LogP) is 4.46. The van der Waals surface area contributed by atoms with E-state index in [1.165, 1.54) is 30.5 Å². The van der Waals surface area contributed by atoms with Gasteiger partial charge >= 0.3 is 6.03 Å². The number of nitrogens with one attached hydrogen (secondary N) is 2. The van der Waals surface area contributed by atoms with Crippen molar-refractivity contribution in [1.29, 1.82) is 5.26 Å². The Bertz CT molecular complexity index is 1290. The summed E-state index contributed by atoms with van der Waals surface area (Å²) in [6, 6.07) is 9.69. The second-order valence-corrected chi connectivity index (χ2v) is 7.64. The Hall–Kier alpha value is -4.26. The molecule has 5 rings (SSSR count). The average Bonchev–Trinajstić information content (AvgIpc) is 3.51. The first-order valence-electron chi connectivity index (χ1n) is 9.96. The predicted molar refractivity (Wildman–Crippen MR) is 109 cm³/mol. The second kappa shape index (κ2) is 8.02. The number of ether oxygens (including phenoxy) is 2. The Morgan fingerprint density at radius 1 is 1.12 bits per heavy atom. The van der Waals surface area contributed by atoms with Crippen molar-refractivity contribution in [2.75, 3.05) is 11.9 Å². The maximum atomic E-state index is 14.2. The van der Waals surface area contributed by atoms with Crippen LogP contribution in [-0.2, 0) is 0 Å². The minimum atomic E-state index is -0.691. The van der Waals surface area contributed by atoms with Crippen LogP contribution in [0.1, 0.15) is 17.0 Å². The van der Waals surface area contributed by atoms with Crippen LogP contribution in [0.2, 0.25) is 0 Å². The first-order chi connectivity index (χ1) is 15.9. The molecule has 166 valence electrons. The number of nitrogens with zero attached hydrogens (tertiary/aromatic N) is 2. The van der Waals surface area contributed by atoms with Crippen LogP contribution in [0.25, 0.3) is 0 Å². The molecule has 3 atom stereocenters. The molecule has 2 heterocycles. The average molecular weight is 452 g/mol. The molecule has 3 unspecified atom stereocenters. The molecule has 1 aliphatic carbocycles. The van der Waals surface area contributed by atoms with Crippen LogP contribution in [0.5, 0.6) is 17.2 Å². The third kappa shape index (κ3) is 3.89. The fraction of sp³-hybridized carbons (Fsp3) is 0.174. The Morgan fingerprint density at radius 2 is 1.94 bits per heavy atom. The van der Waals surface area contributed by atoms with Crippen LogP contribution in [0.15, 0.2) is 48.7 Å². The van der Waals surface area contributed by atoms with Gasteiger partial charge in [-0.25, -0.2) is 22.9 Å². The molecule has 10 heteroatoms. The number of fused-ring (bicyclic) bond motifs is 3. The number of aromatic nitrogens is 1. The molecule has 2 N–H and O–H groups in total. The van der Waals surface area contributed by atoms with E-state index in [9.17, 15) is 18.0 Å². The van der Waals surface area contributed by atoms with E-state index >= 15 is 0 Å². The van der Waals surface area contributed by atoms with Gasteiger partial charge in [-0.1, -0.05) is 0 Å². The molecular weight excluding hydrogens is 437 g/mol. The molecular formula is C23H15F3N4O3. The maximum Gasteiger partial charge on any atom is 0.320 e. The molecule has 0 saturated heterocycles. The molecule has 2 aliphatic rings. The number of carbonyl (C=O) groups excluding carboxylic acids is 1. The Balaban J connectivity index is 1.20. The molecule has 3 aromatic rings. The fourth-order valence-corrected chi connectivity index (χ4v) is 3.96. The van der Waals surface area contributed by atoms with Crippen molar-refractivity contribution in [2.24, 2.45) is 5.92 Å². The quantitative estimate of drug-likeness (QED) is 0.610. The van der Waals surface area contributed by atoms with Gasteiger partial charge in [-0.05, 0) is 42.5 Å². The SMILES string of the molecule is N#Cc1ccc(Oc2ccc(NC(=O)NC3C4COc5c(F)ccc(F)c5C43)nc2)c(F)c1. The zero-order valence-corrected chi connectivity index (χ0v) is 16.8. The lowest BCUT2D eigenvalue weighted by Crippen LogP contribution is -2.32. The van der Waals surface area contributed by atoms with Gasteiger partial charge < -0.3 is 14.8 Å². The van der Waals surface area contributed by atoms with Crippen molar-refractivity contribution < 1.29 is 27.4 Å². The topological polar surface area (TPSA) is 96.3 Å². The van der Waals surface area contributed by atoms with Gasteiger partial charge in [-0.15, -0.1) is 0 Å². The van der Waals surface area contributed by atoms with Crippen LogP contribution in [0, 0.1) is 34.7 Å².